The largest absolute Gasteiger partial charge is 0.507 e. The van der Waals surface area contributed by atoms with Gasteiger partial charge in [0.25, 0.3) is 0 Å². The smallest absolute Gasteiger partial charge is 0.194 e. The normalized spacial score (nSPS) is 19.6. The van der Waals surface area contributed by atoms with E-state index >= 15 is 0 Å². The van der Waals surface area contributed by atoms with Crippen molar-refractivity contribution in [2.75, 3.05) is 13.7 Å². The lowest BCUT2D eigenvalue weighted by molar-refractivity contribution is -0.123. The molecule has 0 fully saturated rings. The second-order valence-electron chi connectivity index (χ2n) is 10.4. The second-order valence-corrected chi connectivity index (χ2v) is 10.4. The lowest BCUT2D eigenvalue weighted by atomic mass is 9.70. The SMILES string of the molecule is COc1ccccc1C(CCNC(C)=C1C(=O)C=C2Oc3c(C(C)=O)c(O)c(C)c(O)c3[C@@]2(C)C1=O)c1ccco1. The van der Waals surface area contributed by atoms with Crippen molar-refractivity contribution in [3.8, 4) is 23.0 Å². The molecule has 3 aromatic rings. The van der Waals surface area contributed by atoms with E-state index in [0.29, 0.717) is 18.7 Å². The Bertz CT molecular complexity index is 1650. The van der Waals surface area contributed by atoms with Crippen molar-refractivity contribution in [1.82, 2.24) is 5.32 Å². The number of allylic oxidation sites excluding steroid dienone is 4. The van der Waals surface area contributed by atoms with E-state index in [1.54, 1.807) is 27.2 Å². The lowest BCUT2D eigenvalue weighted by Crippen LogP contribution is -2.41. The summed E-state index contributed by atoms with van der Waals surface area (Å²) in [6, 6.07) is 11.4. The minimum absolute atomic E-state index is 0.00379. The number of benzene rings is 2. The molecule has 2 heterocycles. The molecule has 2 aromatic carbocycles. The summed E-state index contributed by atoms with van der Waals surface area (Å²) in [7, 11) is 1.61. The highest BCUT2D eigenvalue weighted by Crippen LogP contribution is 2.57. The van der Waals surface area contributed by atoms with Gasteiger partial charge in [-0.1, -0.05) is 18.2 Å². The van der Waals surface area contributed by atoms with Crippen LogP contribution in [0.15, 0.2) is 70.2 Å². The van der Waals surface area contributed by atoms with Gasteiger partial charge in [0.1, 0.15) is 45.5 Å². The van der Waals surface area contributed by atoms with Crippen LogP contribution >= 0.6 is 0 Å². The highest BCUT2D eigenvalue weighted by molar-refractivity contribution is 6.31. The Kier molecular flexibility index (Phi) is 6.98. The molecule has 2 aliphatic rings. The van der Waals surface area contributed by atoms with Crippen molar-refractivity contribution in [3.63, 3.8) is 0 Å². The predicted molar refractivity (Wildman–Crippen MR) is 149 cm³/mol. The van der Waals surface area contributed by atoms with E-state index in [9.17, 15) is 24.6 Å². The summed E-state index contributed by atoms with van der Waals surface area (Å²) in [4.78, 5) is 39.6. The maximum absolute atomic E-state index is 14.0. The van der Waals surface area contributed by atoms with Crippen LogP contribution < -0.4 is 14.8 Å². The Morgan fingerprint density at radius 2 is 1.83 bits per heavy atom. The lowest BCUT2D eigenvalue weighted by Gasteiger charge is -2.29. The van der Waals surface area contributed by atoms with E-state index in [-0.39, 0.29) is 45.4 Å². The molecule has 1 aliphatic carbocycles. The van der Waals surface area contributed by atoms with Gasteiger partial charge in [0.2, 0.25) is 0 Å². The molecule has 1 unspecified atom stereocenters. The molecule has 9 nitrogen and oxygen atoms in total. The Labute approximate surface area is 237 Å². The standard InChI is InChI=1S/C32H31NO8/c1-16-28(36)26(18(3)34)30-27(29(16)37)32(4)24(41-30)15-21(35)25(31(32)38)17(2)33-13-12-20(23-11-8-14-40-23)19-9-6-7-10-22(19)39-5/h6-11,14-15,20,33,36-37H,12-13H2,1-5H3/t20?,32-/m0/s1. The fourth-order valence-electron chi connectivity index (χ4n) is 5.75. The number of carbonyl (C=O) groups excluding carboxylic acids is 3. The molecule has 41 heavy (non-hydrogen) atoms. The molecule has 212 valence electrons. The molecule has 0 spiro atoms. The monoisotopic (exact) mass is 557 g/mol. The van der Waals surface area contributed by atoms with E-state index < -0.39 is 28.5 Å². The maximum Gasteiger partial charge on any atom is 0.194 e. The zero-order valence-electron chi connectivity index (χ0n) is 23.5. The molecule has 1 aromatic heterocycles. The van der Waals surface area contributed by atoms with Gasteiger partial charge in [0, 0.05) is 35.4 Å². The molecule has 0 saturated carbocycles. The summed E-state index contributed by atoms with van der Waals surface area (Å²) >= 11 is 0. The fourth-order valence-corrected chi connectivity index (χ4v) is 5.75. The minimum Gasteiger partial charge on any atom is -0.507 e. The fraction of sp³-hybridized carbons (Fsp3) is 0.281. The summed E-state index contributed by atoms with van der Waals surface area (Å²) < 4.78 is 17.1. The third-order valence-electron chi connectivity index (χ3n) is 7.98. The molecule has 3 N–H and O–H groups in total. The maximum atomic E-state index is 14.0. The van der Waals surface area contributed by atoms with E-state index in [4.69, 9.17) is 13.9 Å². The van der Waals surface area contributed by atoms with Gasteiger partial charge >= 0.3 is 0 Å². The highest BCUT2D eigenvalue weighted by atomic mass is 16.5. The van der Waals surface area contributed by atoms with Gasteiger partial charge in [-0.3, -0.25) is 14.4 Å². The molecule has 0 bridgehead atoms. The quantitative estimate of drug-likeness (QED) is 0.199. The molecule has 2 atom stereocenters. The van der Waals surface area contributed by atoms with Crippen molar-refractivity contribution in [2.24, 2.45) is 0 Å². The number of para-hydroxylation sites is 1. The van der Waals surface area contributed by atoms with Gasteiger partial charge in [-0.15, -0.1) is 0 Å². The minimum atomic E-state index is -1.57. The molecule has 0 radical (unpaired) electrons. The number of rotatable bonds is 8. The first-order chi connectivity index (χ1) is 19.5. The van der Waals surface area contributed by atoms with Crippen LogP contribution in [-0.2, 0) is 15.0 Å². The first-order valence-electron chi connectivity index (χ1n) is 13.2. The van der Waals surface area contributed by atoms with Crippen molar-refractivity contribution >= 4 is 17.3 Å². The summed E-state index contributed by atoms with van der Waals surface area (Å²) in [5.41, 5.74) is -0.377. The summed E-state index contributed by atoms with van der Waals surface area (Å²) in [6.07, 6.45) is 3.38. The van der Waals surface area contributed by atoms with E-state index in [2.05, 4.69) is 5.32 Å². The Hall–Kier alpha value is -4.79. The Morgan fingerprint density at radius 1 is 1.10 bits per heavy atom. The van der Waals surface area contributed by atoms with Gasteiger partial charge < -0.3 is 29.4 Å². The Balaban J connectivity index is 1.48. The average Bonchev–Trinajstić information content (AvgIpc) is 3.57. The summed E-state index contributed by atoms with van der Waals surface area (Å²) in [5.74, 6) is -1.22. The number of ether oxygens (including phenoxy) is 2. The van der Waals surface area contributed by atoms with E-state index in [1.807, 2.05) is 36.4 Å². The van der Waals surface area contributed by atoms with Gasteiger partial charge in [-0.2, -0.15) is 0 Å². The van der Waals surface area contributed by atoms with Crippen LogP contribution in [0.5, 0.6) is 23.0 Å². The number of hydrogen-bond donors (Lipinski definition) is 3. The van der Waals surface area contributed by atoms with Gasteiger partial charge in [-0.05, 0) is 52.3 Å². The molecule has 1 aliphatic heterocycles. The number of ketones is 3. The number of furan rings is 1. The van der Waals surface area contributed by atoms with Gasteiger partial charge in [0.15, 0.2) is 17.3 Å². The van der Waals surface area contributed by atoms with Crippen LogP contribution in [0.3, 0.4) is 0 Å². The molecule has 0 saturated heterocycles. The van der Waals surface area contributed by atoms with Gasteiger partial charge in [0.05, 0.1) is 24.5 Å². The predicted octanol–water partition coefficient (Wildman–Crippen LogP) is 4.98. The number of Topliss-reactive ketones (excluding diaryl/α,β-unsaturated/α-hetero) is 2. The third-order valence-corrected chi connectivity index (χ3v) is 7.98. The first kappa shape index (κ1) is 27.8. The molecular weight excluding hydrogens is 526 g/mol. The number of phenolic OH excluding ortho intramolecular Hbond substituents is 2. The molecule has 0 amide bonds. The Morgan fingerprint density at radius 3 is 2.49 bits per heavy atom. The number of aromatic hydroxyl groups is 2. The van der Waals surface area contributed by atoms with Crippen LogP contribution in [-0.4, -0.2) is 41.2 Å². The van der Waals surface area contributed by atoms with Crippen molar-refractivity contribution in [2.45, 2.75) is 45.4 Å². The van der Waals surface area contributed by atoms with Crippen LogP contribution in [0.2, 0.25) is 0 Å². The highest BCUT2D eigenvalue weighted by Gasteiger charge is 2.56. The van der Waals surface area contributed by atoms with Crippen LogP contribution in [0.4, 0.5) is 0 Å². The number of carbonyl (C=O) groups is 3. The van der Waals surface area contributed by atoms with Crippen LogP contribution in [0.1, 0.15) is 65.9 Å². The summed E-state index contributed by atoms with van der Waals surface area (Å²) in [6.45, 7) is 6.29. The number of hydrogen-bond acceptors (Lipinski definition) is 9. The zero-order valence-corrected chi connectivity index (χ0v) is 23.5. The van der Waals surface area contributed by atoms with Gasteiger partial charge in [-0.25, -0.2) is 0 Å². The van der Waals surface area contributed by atoms with Crippen LogP contribution in [0, 0.1) is 6.92 Å². The third kappa shape index (κ3) is 4.28. The number of fused-ring (bicyclic) bond motifs is 3. The van der Waals surface area contributed by atoms with Crippen molar-refractivity contribution < 1.29 is 38.5 Å². The van der Waals surface area contributed by atoms with Crippen molar-refractivity contribution in [1.29, 1.82) is 0 Å². The number of methoxy groups -OCH3 is 1. The number of nitrogens with one attached hydrogen (secondary N) is 1. The van der Waals surface area contributed by atoms with Crippen molar-refractivity contribution in [3.05, 3.63) is 93.8 Å². The molecule has 9 heteroatoms. The molecular formula is C32H31NO8. The van der Waals surface area contributed by atoms with Crippen LogP contribution in [0.25, 0.3) is 0 Å². The van der Waals surface area contributed by atoms with E-state index in [1.165, 1.54) is 19.9 Å². The average molecular weight is 558 g/mol. The first-order valence-corrected chi connectivity index (χ1v) is 13.2. The molecule has 5 rings (SSSR count). The zero-order chi connectivity index (χ0) is 29.6. The second kappa shape index (κ2) is 10.3. The number of phenols is 2. The summed E-state index contributed by atoms with van der Waals surface area (Å²) in [5, 5.41) is 24.8. The topological polar surface area (TPSA) is 135 Å². The van der Waals surface area contributed by atoms with E-state index in [0.717, 1.165) is 17.1 Å².